The molecule has 9 heteroatoms. The van der Waals surface area contributed by atoms with Crippen LogP contribution in [-0.2, 0) is 11.3 Å². The van der Waals surface area contributed by atoms with Gasteiger partial charge < -0.3 is 4.90 Å². The van der Waals surface area contributed by atoms with E-state index in [-0.39, 0.29) is 12.3 Å². The quantitative estimate of drug-likeness (QED) is 0.632. The minimum absolute atomic E-state index is 0.0122. The second-order valence-electron chi connectivity index (χ2n) is 8.80. The van der Waals surface area contributed by atoms with E-state index in [0.717, 1.165) is 61.0 Å². The summed E-state index contributed by atoms with van der Waals surface area (Å²) >= 11 is 1.47. The van der Waals surface area contributed by atoms with E-state index in [2.05, 4.69) is 11.0 Å². The van der Waals surface area contributed by atoms with Gasteiger partial charge in [-0.25, -0.2) is 8.78 Å². The molecule has 1 atom stereocenters. The van der Waals surface area contributed by atoms with E-state index in [1.807, 2.05) is 50.9 Å². The Morgan fingerprint density at radius 1 is 1.16 bits per heavy atom. The van der Waals surface area contributed by atoms with Crippen LogP contribution in [0.2, 0.25) is 0 Å². The fraction of sp³-hybridized carbons (Fsp3) is 0.478. The second-order valence-corrected chi connectivity index (χ2v) is 9.95. The predicted octanol–water partition coefficient (Wildman–Crippen LogP) is 3.89. The number of pyridine rings is 1. The molecule has 1 aromatic carbocycles. The van der Waals surface area contributed by atoms with Crippen LogP contribution in [0, 0.1) is 5.92 Å². The average Bonchev–Trinajstić information content (AvgIpc) is 3.25. The number of alkyl halides is 2. The van der Waals surface area contributed by atoms with Gasteiger partial charge in [0.1, 0.15) is 0 Å². The van der Waals surface area contributed by atoms with Gasteiger partial charge in [-0.1, -0.05) is 12.1 Å². The van der Waals surface area contributed by atoms with Gasteiger partial charge in [-0.05, 0) is 24.3 Å². The van der Waals surface area contributed by atoms with Crippen molar-refractivity contribution in [1.82, 2.24) is 14.8 Å². The van der Waals surface area contributed by atoms with Gasteiger partial charge in [0.2, 0.25) is 5.91 Å². The number of hydrogen-bond acceptors (Lipinski definition) is 6. The molecule has 3 aliphatic rings. The van der Waals surface area contributed by atoms with Crippen LogP contribution < -0.4 is 8.61 Å². The molecule has 0 spiro atoms. The number of carbonyl (C=O) groups is 1. The number of fused-ring (bicyclic) bond motifs is 1. The van der Waals surface area contributed by atoms with Crippen LogP contribution in [0.4, 0.5) is 20.2 Å². The van der Waals surface area contributed by atoms with E-state index in [1.54, 1.807) is 6.92 Å². The lowest BCUT2D eigenvalue weighted by molar-refractivity contribution is -0.130. The van der Waals surface area contributed by atoms with E-state index in [4.69, 9.17) is 4.98 Å². The fourth-order valence-corrected chi connectivity index (χ4v) is 5.38. The number of halogens is 2. The molecule has 6 nitrogen and oxygen atoms in total. The first-order valence-corrected chi connectivity index (χ1v) is 11.7. The van der Waals surface area contributed by atoms with Crippen molar-refractivity contribution in [3.8, 4) is 11.3 Å². The Morgan fingerprint density at radius 2 is 1.91 bits per heavy atom. The van der Waals surface area contributed by atoms with E-state index in [0.29, 0.717) is 6.54 Å². The Labute approximate surface area is 191 Å². The highest BCUT2D eigenvalue weighted by Crippen LogP contribution is 2.53. The van der Waals surface area contributed by atoms with Crippen molar-refractivity contribution in [3.05, 3.63) is 42.1 Å². The Morgan fingerprint density at radius 3 is 2.59 bits per heavy atom. The van der Waals surface area contributed by atoms with Gasteiger partial charge in [0.25, 0.3) is 5.92 Å². The van der Waals surface area contributed by atoms with Gasteiger partial charge in [0.15, 0.2) is 0 Å². The monoisotopic (exact) mass is 459 g/mol. The number of nitrogens with zero attached hydrogens (tertiary/aromatic N) is 5. The van der Waals surface area contributed by atoms with Crippen molar-refractivity contribution in [2.45, 2.75) is 25.8 Å². The molecule has 2 aliphatic heterocycles. The molecule has 1 aliphatic carbocycles. The molecule has 5 rings (SSSR count). The summed E-state index contributed by atoms with van der Waals surface area (Å²) in [6.07, 6.45) is -0.0122. The Kier molecular flexibility index (Phi) is 5.49. The zero-order valence-corrected chi connectivity index (χ0v) is 19.1. The molecule has 2 fully saturated rings. The van der Waals surface area contributed by atoms with Crippen LogP contribution in [0.25, 0.3) is 11.3 Å². The summed E-state index contributed by atoms with van der Waals surface area (Å²) in [5.41, 5.74) is 4.91. The van der Waals surface area contributed by atoms with Gasteiger partial charge in [0.05, 0.1) is 34.9 Å². The Bertz CT molecular complexity index is 1030. The zero-order valence-electron chi connectivity index (χ0n) is 18.3. The smallest absolute Gasteiger partial charge is 0.253 e. The van der Waals surface area contributed by atoms with Gasteiger partial charge in [-0.2, -0.15) is 0 Å². The summed E-state index contributed by atoms with van der Waals surface area (Å²) in [7, 11) is 1.96. The highest BCUT2D eigenvalue weighted by atomic mass is 32.2. The normalized spacial score (nSPS) is 22.2. The molecule has 1 saturated heterocycles. The molecule has 1 unspecified atom stereocenters. The molecule has 0 radical (unpaired) electrons. The molecule has 1 amide bonds. The van der Waals surface area contributed by atoms with Crippen molar-refractivity contribution in [2.24, 2.45) is 5.92 Å². The first-order chi connectivity index (χ1) is 15.3. The van der Waals surface area contributed by atoms with Crippen LogP contribution in [0.15, 0.2) is 36.4 Å². The van der Waals surface area contributed by atoms with E-state index in [1.165, 1.54) is 12.1 Å². The van der Waals surface area contributed by atoms with Gasteiger partial charge in [0, 0.05) is 71.1 Å². The summed E-state index contributed by atoms with van der Waals surface area (Å²) in [6, 6.07) is 12.2. The molecular formula is C23H27F2N5OS. The molecule has 1 saturated carbocycles. The van der Waals surface area contributed by atoms with E-state index < -0.39 is 11.8 Å². The molecule has 0 N–H and O–H groups in total. The highest BCUT2D eigenvalue weighted by Gasteiger charge is 2.57. The first kappa shape index (κ1) is 21.5. The lowest BCUT2D eigenvalue weighted by Crippen LogP contribution is -2.47. The maximum atomic E-state index is 13.4. The third-order valence-electron chi connectivity index (χ3n) is 6.45. The highest BCUT2D eigenvalue weighted by molar-refractivity contribution is 8.02. The minimum Gasteiger partial charge on any atom is -0.340 e. The fourth-order valence-electron chi connectivity index (χ4n) is 4.36. The van der Waals surface area contributed by atoms with E-state index >= 15 is 0 Å². The lowest BCUT2D eigenvalue weighted by Gasteiger charge is -2.33. The lowest BCUT2D eigenvalue weighted by atomic mass is 10.1. The number of hydrogen-bond donors (Lipinski definition) is 0. The predicted molar refractivity (Wildman–Crippen MR) is 124 cm³/mol. The van der Waals surface area contributed by atoms with Crippen LogP contribution in [0.5, 0.6) is 0 Å². The average molecular weight is 460 g/mol. The maximum absolute atomic E-state index is 13.4. The van der Waals surface area contributed by atoms with E-state index in [9.17, 15) is 13.6 Å². The summed E-state index contributed by atoms with van der Waals surface area (Å²) in [6.45, 7) is 5.95. The topological polar surface area (TPSA) is 42.9 Å². The third kappa shape index (κ3) is 4.28. The standard InChI is InChI=1S/C23H27F2N5OS/c1-16(31)29-10-8-28(9-11-29)15-19-4-3-5-20(26-19)17-6-7-21-22(12-17)27(2)32-30(21)14-18-13-23(18,24)25/h3-7,12,18H,8-11,13-15H2,1-2H3. The van der Waals surface area contributed by atoms with Gasteiger partial charge in [-0.3, -0.25) is 23.3 Å². The number of anilines is 2. The summed E-state index contributed by atoms with van der Waals surface area (Å²) in [4.78, 5) is 20.6. The van der Waals surface area contributed by atoms with Crippen LogP contribution in [0.3, 0.4) is 0 Å². The summed E-state index contributed by atoms with van der Waals surface area (Å²) < 4.78 is 30.8. The van der Waals surface area contributed by atoms with Gasteiger partial charge >= 0.3 is 0 Å². The summed E-state index contributed by atoms with van der Waals surface area (Å²) in [5, 5.41) is 0. The Balaban J connectivity index is 1.29. The first-order valence-electron chi connectivity index (χ1n) is 11.0. The number of carbonyl (C=O) groups excluding carboxylic acids is 1. The number of piperazine rings is 1. The molecule has 32 heavy (non-hydrogen) atoms. The second kappa shape index (κ2) is 8.19. The number of aromatic nitrogens is 1. The largest absolute Gasteiger partial charge is 0.340 e. The molecule has 0 bridgehead atoms. The van der Waals surface area contributed by atoms with Crippen molar-refractivity contribution < 1.29 is 13.6 Å². The maximum Gasteiger partial charge on any atom is 0.253 e. The number of rotatable bonds is 5. The molecule has 170 valence electrons. The van der Waals surface area contributed by atoms with Gasteiger partial charge in [-0.15, -0.1) is 0 Å². The Hall–Kier alpha value is -2.39. The SMILES string of the molecule is CC(=O)N1CCN(Cc2cccc(-c3ccc4c(c3)N(C)SN4CC3CC3(F)F)n2)CC1. The molecule has 2 aromatic rings. The molecule has 1 aromatic heterocycles. The molecular weight excluding hydrogens is 432 g/mol. The summed E-state index contributed by atoms with van der Waals surface area (Å²) in [5.74, 6) is -2.93. The third-order valence-corrected chi connectivity index (χ3v) is 7.44. The molecule has 3 heterocycles. The van der Waals surface area contributed by atoms with Crippen LogP contribution in [-0.4, -0.2) is 66.4 Å². The number of amides is 1. The van der Waals surface area contributed by atoms with Crippen molar-refractivity contribution in [2.75, 3.05) is 48.4 Å². The van der Waals surface area contributed by atoms with Crippen LogP contribution in [0.1, 0.15) is 19.0 Å². The van der Waals surface area contributed by atoms with Crippen LogP contribution >= 0.6 is 12.1 Å². The number of benzene rings is 1. The zero-order chi connectivity index (χ0) is 22.5. The van der Waals surface area contributed by atoms with Crippen molar-refractivity contribution >= 4 is 29.4 Å². The van der Waals surface area contributed by atoms with Crippen molar-refractivity contribution in [3.63, 3.8) is 0 Å². The van der Waals surface area contributed by atoms with Crippen molar-refractivity contribution in [1.29, 1.82) is 0 Å². The minimum atomic E-state index is -2.51.